The minimum absolute atomic E-state index is 0.114. The fourth-order valence-electron chi connectivity index (χ4n) is 2.33. The molecule has 1 aliphatic rings. The molecule has 0 saturated carbocycles. The molecule has 13 heteroatoms. The third-order valence-electron chi connectivity index (χ3n) is 3.41. The number of ether oxygens (including phenoxy) is 1. The van der Waals surface area contributed by atoms with Gasteiger partial charge in [-0.05, 0) is 33.6 Å². The number of aliphatic imine (C=N–C) groups is 1. The first kappa shape index (κ1) is 23.3. The first-order chi connectivity index (χ1) is 13.0. The fourth-order valence-corrected chi connectivity index (χ4v) is 3.32. The maximum Gasteiger partial charge on any atom is 0.408 e. The van der Waals surface area contributed by atoms with Gasteiger partial charge < -0.3 is 20.7 Å². The van der Waals surface area contributed by atoms with Crippen LogP contribution in [-0.2, 0) is 9.53 Å². The molecule has 0 bridgehead atoms. The normalized spacial score (nSPS) is 18.1. The van der Waals surface area contributed by atoms with Crippen LogP contribution in [0.3, 0.4) is 0 Å². The molecule has 0 spiro atoms. The molecule has 1 fully saturated rings. The minimum Gasteiger partial charge on any atom is -0.444 e. The lowest BCUT2D eigenvalue weighted by molar-refractivity contribution is -0.525. The van der Waals surface area contributed by atoms with Gasteiger partial charge in [-0.15, -0.1) is 11.8 Å². The molecule has 1 heterocycles. The number of carbonyl (C=O) groups is 2. The predicted molar refractivity (Wildman–Crippen MR) is 103 cm³/mol. The summed E-state index contributed by atoms with van der Waals surface area (Å²) in [4.78, 5) is 40.4. The number of amides is 2. The highest BCUT2D eigenvalue weighted by Gasteiger charge is 2.34. The number of carbonyl (C=O) groups excluding carboxylic acids is 2. The van der Waals surface area contributed by atoms with E-state index < -0.39 is 28.1 Å². The average Bonchev–Trinajstić information content (AvgIpc) is 3.03. The maximum atomic E-state index is 12.8. The lowest BCUT2D eigenvalue weighted by atomic mass is 10.1. The summed E-state index contributed by atoms with van der Waals surface area (Å²) in [6.07, 6.45) is -0.221. The van der Waals surface area contributed by atoms with Gasteiger partial charge in [0.05, 0.1) is 6.07 Å². The predicted octanol–water partition coefficient (Wildman–Crippen LogP) is 0.181. The van der Waals surface area contributed by atoms with Crippen molar-refractivity contribution in [1.29, 1.82) is 5.26 Å². The molecule has 4 N–H and O–H groups in total. The highest BCUT2D eigenvalue weighted by molar-refractivity contribution is 8.00. The molecule has 12 nitrogen and oxygen atoms in total. The molecule has 0 aromatic rings. The Morgan fingerprint density at radius 1 is 1.54 bits per heavy atom. The van der Waals surface area contributed by atoms with Crippen molar-refractivity contribution in [1.82, 2.24) is 15.6 Å². The lowest BCUT2D eigenvalue weighted by Gasteiger charge is -2.27. The Labute approximate surface area is 167 Å². The molecular weight excluding hydrogens is 390 g/mol. The molecular formula is C15H25N7O5S. The number of hydrogen-bond acceptors (Lipinski definition) is 8. The monoisotopic (exact) mass is 415 g/mol. The van der Waals surface area contributed by atoms with Crippen LogP contribution < -0.4 is 16.5 Å². The van der Waals surface area contributed by atoms with E-state index in [0.717, 1.165) is 0 Å². The summed E-state index contributed by atoms with van der Waals surface area (Å²) in [6, 6.07) is 1.14. The number of nitrogens with zero attached hydrogens (tertiary/aromatic N) is 4. The van der Waals surface area contributed by atoms with Crippen LogP contribution in [0.1, 0.15) is 33.6 Å². The van der Waals surface area contributed by atoms with Crippen molar-refractivity contribution in [2.45, 2.75) is 50.6 Å². The fraction of sp³-hybridized carbons (Fsp3) is 0.733. The van der Waals surface area contributed by atoms with Gasteiger partial charge in [0.1, 0.15) is 11.6 Å². The SMILES string of the molecule is CC(C)(C)OC(=O)NC(CCCN=C(N)N[N+](=O)[O-])C(=O)N1CCSC1C#N. The highest BCUT2D eigenvalue weighted by Crippen LogP contribution is 2.24. The van der Waals surface area contributed by atoms with E-state index in [4.69, 9.17) is 10.5 Å². The first-order valence-corrected chi connectivity index (χ1v) is 9.60. The van der Waals surface area contributed by atoms with Crippen LogP contribution >= 0.6 is 11.8 Å². The Bertz CT molecular complexity index is 658. The number of rotatable bonds is 7. The second-order valence-electron chi connectivity index (χ2n) is 6.86. The lowest BCUT2D eigenvalue weighted by Crippen LogP contribution is -2.50. The minimum atomic E-state index is -0.913. The number of guanidine groups is 1. The van der Waals surface area contributed by atoms with Crippen molar-refractivity contribution in [3.63, 3.8) is 0 Å². The van der Waals surface area contributed by atoms with Gasteiger partial charge in [-0.1, -0.05) is 5.43 Å². The van der Waals surface area contributed by atoms with E-state index in [2.05, 4.69) is 16.4 Å². The standard InChI is InChI=1S/C15H25N7O5S/c1-15(2,3)27-14(24)19-10(5-4-6-18-13(17)20-22(25)26)12(23)21-7-8-28-11(21)9-16/h10-11H,4-8H2,1-3H3,(H,19,24)(H3,17,18,20). The molecule has 0 aromatic carbocycles. The van der Waals surface area contributed by atoms with Gasteiger partial charge in [0.15, 0.2) is 10.4 Å². The Morgan fingerprint density at radius 3 is 2.79 bits per heavy atom. The van der Waals surface area contributed by atoms with Crippen molar-refractivity contribution >= 4 is 29.7 Å². The second-order valence-corrected chi connectivity index (χ2v) is 8.05. The molecule has 1 aliphatic heterocycles. The van der Waals surface area contributed by atoms with E-state index in [1.165, 1.54) is 16.7 Å². The number of alkyl carbamates (subject to hydrolysis) is 1. The van der Waals surface area contributed by atoms with E-state index in [-0.39, 0.29) is 24.8 Å². The highest BCUT2D eigenvalue weighted by atomic mass is 32.2. The Kier molecular flexibility index (Phi) is 8.77. The summed E-state index contributed by atoms with van der Waals surface area (Å²) in [6.45, 7) is 5.62. The molecule has 2 amide bonds. The summed E-state index contributed by atoms with van der Waals surface area (Å²) in [5.41, 5.74) is 6.31. The van der Waals surface area contributed by atoms with E-state index in [1.807, 2.05) is 0 Å². The maximum absolute atomic E-state index is 12.8. The molecule has 156 valence electrons. The van der Waals surface area contributed by atoms with Crippen LogP contribution in [0.4, 0.5) is 4.79 Å². The number of nitriles is 1. The molecule has 28 heavy (non-hydrogen) atoms. The van der Waals surface area contributed by atoms with Crippen LogP contribution in [-0.4, -0.2) is 63.8 Å². The van der Waals surface area contributed by atoms with Crippen molar-refractivity contribution in [2.75, 3.05) is 18.8 Å². The second kappa shape index (κ2) is 10.5. The van der Waals surface area contributed by atoms with E-state index >= 15 is 0 Å². The van der Waals surface area contributed by atoms with E-state index in [0.29, 0.717) is 18.7 Å². The summed E-state index contributed by atoms with van der Waals surface area (Å²) in [5, 5.41) is 20.6. The zero-order valence-corrected chi connectivity index (χ0v) is 16.8. The quantitative estimate of drug-likeness (QED) is 0.172. The Hall–Kier alpha value is -2.75. The smallest absolute Gasteiger partial charge is 0.408 e. The van der Waals surface area contributed by atoms with Crippen molar-refractivity contribution in [2.24, 2.45) is 10.7 Å². The van der Waals surface area contributed by atoms with Crippen LogP contribution in [0.25, 0.3) is 0 Å². The largest absolute Gasteiger partial charge is 0.444 e. The number of nitrogens with one attached hydrogen (secondary N) is 2. The summed E-state index contributed by atoms with van der Waals surface area (Å²) in [5.74, 6) is -0.104. The van der Waals surface area contributed by atoms with Gasteiger partial charge in [0.25, 0.3) is 5.96 Å². The number of thioether (sulfide) groups is 1. The summed E-state index contributed by atoms with van der Waals surface area (Å²) >= 11 is 1.35. The Morgan fingerprint density at radius 2 is 2.21 bits per heavy atom. The number of hydrogen-bond donors (Lipinski definition) is 3. The zero-order valence-electron chi connectivity index (χ0n) is 16.0. The number of hydrazine groups is 1. The topological polar surface area (TPSA) is 176 Å². The van der Waals surface area contributed by atoms with Crippen molar-refractivity contribution in [3.8, 4) is 6.07 Å². The van der Waals surface area contributed by atoms with Crippen LogP contribution in [0, 0.1) is 21.4 Å². The number of nitrogens with two attached hydrogens (primary N) is 1. The van der Waals surface area contributed by atoms with Gasteiger partial charge in [-0.25, -0.2) is 19.9 Å². The molecule has 2 atom stereocenters. The molecule has 0 aliphatic carbocycles. The van der Waals surface area contributed by atoms with Crippen LogP contribution in [0.15, 0.2) is 4.99 Å². The summed E-state index contributed by atoms with van der Waals surface area (Å²) in [7, 11) is 0. The molecule has 0 aromatic heterocycles. The van der Waals surface area contributed by atoms with Crippen molar-refractivity contribution in [3.05, 3.63) is 10.1 Å². The molecule has 0 radical (unpaired) electrons. The van der Waals surface area contributed by atoms with Crippen LogP contribution in [0.5, 0.6) is 0 Å². The van der Waals surface area contributed by atoms with Gasteiger partial charge in [0, 0.05) is 18.8 Å². The average molecular weight is 415 g/mol. The van der Waals surface area contributed by atoms with Gasteiger partial charge >= 0.3 is 6.09 Å². The molecule has 2 unspecified atom stereocenters. The van der Waals surface area contributed by atoms with Gasteiger partial charge in [-0.2, -0.15) is 5.26 Å². The zero-order chi connectivity index (χ0) is 21.3. The Balaban J connectivity index is 2.75. The van der Waals surface area contributed by atoms with Gasteiger partial charge in [-0.3, -0.25) is 4.79 Å². The van der Waals surface area contributed by atoms with E-state index in [1.54, 1.807) is 26.2 Å². The third-order valence-corrected chi connectivity index (χ3v) is 4.51. The molecule has 1 saturated heterocycles. The summed E-state index contributed by atoms with van der Waals surface area (Å²) < 4.78 is 5.20. The number of nitro groups is 1. The van der Waals surface area contributed by atoms with E-state index in [9.17, 15) is 25.0 Å². The van der Waals surface area contributed by atoms with Crippen molar-refractivity contribution < 1.29 is 19.4 Å². The molecule has 1 rings (SSSR count). The first-order valence-electron chi connectivity index (χ1n) is 8.55. The van der Waals surface area contributed by atoms with Crippen LogP contribution in [0.2, 0.25) is 0 Å². The van der Waals surface area contributed by atoms with Gasteiger partial charge in [0.2, 0.25) is 5.91 Å². The third kappa shape index (κ3) is 8.30.